The van der Waals surface area contributed by atoms with Gasteiger partial charge in [0.05, 0.1) is 5.69 Å². The molecule has 2 rings (SSSR count). The Morgan fingerprint density at radius 3 is 2.45 bits per heavy atom. The minimum absolute atomic E-state index is 0. The Morgan fingerprint density at radius 1 is 1.40 bits per heavy atom. The van der Waals surface area contributed by atoms with Crippen molar-refractivity contribution >= 4 is 33.8 Å². The van der Waals surface area contributed by atoms with Crippen molar-refractivity contribution in [1.29, 1.82) is 0 Å². The van der Waals surface area contributed by atoms with E-state index in [2.05, 4.69) is 4.98 Å². The van der Waals surface area contributed by atoms with Gasteiger partial charge in [0.2, 0.25) is 4.34 Å². The topological polar surface area (TPSA) is 76.3 Å². The fourth-order valence-corrected chi connectivity index (χ4v) is 5.27. The van der Waals surface area contributed by atoms with Crippen LogP contribution in [0.3, 0.4) is 0 Å². The smallest absolute Gasteiger partial charge is 0.270 e. The third-order valence-corrected chi connectivity index (χ3v) is 7.12. The van der Waals surface area contributed by atoms with Crippen molar-refractivity contribution in [3.8, 4) is 0 Å². The second kappa shape index (κ2) is 5.88. The Kier molecular flexibility index (Phi) is 5.25. The Labute approximate surface area is 131 Å². The standard InChI is InChI=1S/C12H21N3O2S2.ClH/c1-8-9(2)18-11(14-8)19(16,17)15-6-5-10(13)12(3,4)7-15;/h10H,5-7,13H2,1-4H3;1H. The van der Waals surface area contributed by atoms with Crippen LogP contribution in [0.2, 0.25) is 0 Å². The zero-order valence-corrected chi connectivity index (χ0v) is 14.7. The summed E-state index contributed by atoms with van der Waals surface area (Å²) >= 11 is 1.24. The van der Waals surface area contributed by atoms with Crippen LogP contribution in [0.5, 0.6) is 0 Å². The summed E-state index contributed by atoms with van der Waals surface area (Å²) in [5.74, 6) is 0. The van der Waals surface area contributed by atoms with Gasteiger partial charge in [-0.3, -0.25) is 0 Å². The van der Waals surface area contributed by atoms with E-state index in [1.165, 1.54) is 15.6 Å². The fourth-order valence-electron chi connectivity index (χ4n) is 2.19. The van der Waals surface area contributed by atoms with Crippen LogP contribution in [0, 0.1) is 19.3 Å². The number of rotatable bonds is 2. The molecule has 1 unspecified atom stereocenters. The predicted octanol–water partition coefficient (Wildman–Crippen LogP) is 1.93. The van der Waals surface area contributed by atoms with Gasteiger partial charge in [-0.15, -0.1) is 23.7 Å². The maximum atomic E-state index is 12.6. The molecule has 1 aromatic rings. The first-order valence-electron chi connectivity index (χ1n) is 6.34. The van der Waals surface area contributed by atoms with E-state index in [0.29, 0.717) is 19.5 Å². The minimum atomic E-state index is -3.47. The van der Waals surface area contributed by atoms with E-state index in [1.807, 2.05) is 27.7 Å². The minimum Gasteiger partial charge on any atom is -0.327 e. The molecule has 8 heteroatoms. The molecule has 0 radical (unpaired) electrons. The van der Waals surface area contributed by atoms with E-state index >= 15 is 0 Å². The van der Waals surface area contributed by atoms with E-state index in [0.717, 1.165) is 10.6 Å². The van der Waals surface area contributed by atoms with Crippen LogP contribution in [0.25, 0.3) is 0 Å². The number of thiazole rings is 1. The third-order valence-electron chi connectivity index (χ3n) is 3.85. The van der Waals surface area contributed by atoms with Crippen molar-refractivity contribution in [3.63, 3.8) is 0 Å². The van der Waals surface area contributed by atoms with E-state index < -0.39 is 10.0 Å². The van der Waals surface area contributed by atoms with Gasteiger partial charge in [-0.1, -0.05) is 13.8 Å². The maximum Gasteiger partial charge on any atom is 0.270 e. The van der Waals surface area contributed by atoms with E-state index in [9.17, 15) is 8.42 Å². The zero-order valence-electron chi connectivity index (χ0n) is 12.2. The maximum absolute atomic E-state index is 12.6. The van der Waals surface area contributed by atoms with Gasteiger partial charge in [-0.05, 0) is 25.7 Å². The molecule has 5 nitrogen and oxygen atoms in total. The molecule has 1 atom stereocenters. The van der Waals surface area contributed by atoms with Gasteiger partial charge in [-0.2, -0.15) is 4.31 Å². The van der Waals surface area contributed by atoms with Crippen molar-refractivity contribution in [2.45, 2.75) is 44.5 Å². The average molecular weight is 340 g/mol. The second-order valence-electron chi connectivity index (χ2n) is 5.84. The zero-order chi connectivity index (χ0) is 14.4. The van der Waals surface area contributed by atoms with Crippen LogP contribution in [-0.4, -0.2) is 36.8 Å². The molecule has 1 aliphatic heterocycles. The molecule has 1 aliphatic rings. The van der Waals surface area contributed by atoms with Crippen molar-refractivity contribution < 1.29 is 8.42 Å². The summed E-state index contributed by atoms with van der Waals surface area (Å²) in [5.41, 5.74) is 6.64. The summed E-state index contributed by atoms with van der Waals surface area (Å²) < 4.78 is 26.9. The summed E-state index contributed by atoms with van der Waals surface area (Å²) in [6.45, 7) is 8.68. The van der Waals surface area contributed by atoms with E-state index in [1.54, 1.807) is 0 Å². The Bertz CT molecular complexity index is 564. The number of nitrogens with two attached hydrogens (primary N) is 1. The molecule has 0 spiro atoms. The molecule has 116 valence electrons. The molecular formula is C12H22ClN3O2S2. The van der Waals surface area contributed by atoms with Gasteiger partial charge in [0.1, 0.15) is 0 Å². The molecule has 1 fully saturated rings. The van der Waals surface area contributed by atoms with Crippen molar-refractivity contribution in [1.82, 2.24) is 9.29 Å². The van der Waals surface area contributed by atoms with Crippen molar-refractivity contribution in [2.75, 3.05) is 13.1 Å². The first kappa shape index (κ1) is 17.8. The van der Waals surface area contributed by atoms with E-state index in [4.69, 9.17) is 5.73 Å². The van der Waals surface area contributed by atoms with Gasteiger partial charge in [0.15, 0.2) is 0 Å². The van der Waals surface area contributed by atoms with E-state index in [-0.39, 0.29) is 28.2 Å². The summed E-state index contributed by atoms with van der Waals surface area (Å²) in [6, 6.07) is 0.0405. The highest BCUT2D eigenvalue weighted by Crippen LogP contribution is 2.32. The van der Waals surface area contributed by atoms with Crippen LogP contribution in [0.1, 0.15) is 30.8 Å². The molecule has 0 saturated carbocycles. The van der Waals surface area contributed by atoms with Gasteiger partial charge in [0, 0.05) is 24.0 Å². The summed E-state index contributed by atoms with van der Waals surface area (Å²) in [5, 5.41) is 0. The summed E-state index contributed by atoms with van der Waals surface area (Å²) in [6.07, 6.45) is 0.690. The SMILES string of the molecule is Cc1nc(S(=O)(=O)N2CCC(N)C(C)(C)C2)sc1C.Cl. The summed E-state index contributed by atoms with van der Waals surface area (Å²) in [4.78, 5) is 5.13. The highest BCUT2D eigenvalue weighted by Gasteiger charge is 2.39. The van der Waals surface area contributed by atoms with Gasteiger partial charge < -0.3 is 5.73 Å². The van der Waals surface area contributed by atoms with Gasteiger partial charge in [0.25, 0.3) is 10.0 Å². The highest BCUT2D eigenvalue weighted by molar-refractivity contribution is 7.91. The van der Waals surface area contributed by atoms with Crippen LogP contribution < -0.4 is 5.73 Å². The lowest BCUT2D eigenvalue weighted by atomic mass is 9.81. The lowest BCUT2D eigenvalue weighted by Crippen LogP contribution is -2.53. The number of aromatic nitrogens is 1. The number of nitrogens with zero attached hydrogens (tertiary/aromatic N) is 2. The van der Waals surface area contributed by atoms with Crippen LogP contribution in [0.15, 0.2) is 4.34 Å². The quantitative estimate of drug-likeness (QED) is 0.893. The molecule has 1 saturated heterocycles. The van der Waals surface area contributed by atoms with Crippen molar-refractivity contribution in [3.05, 3.63) is 10.6 Å². The lowest BCUT2D eigenvalue weighted by Gasteiger charge is -2.41. The van der Waals surface area contributed by atoms with Gasteiger partial charge >= 0.3 is 0 Å². The number of hydrogen-bond acceptors (Lipinski definition) is 5. The second-order valence-corrected chi connectivity index (χ2v) is 9.16. The van der Waals surface area contributed by atoms with Crippen LogP contribution in [0.4, 0.5) is 0 Å². The molecule has 0 amide bonds. The number of hydrogen-bond donors (Lipinski definition) is 1. The largest absolute Gasteiger partial charge is 0.327 e. The van der Waals surface area contributed by atoms with Gasteiger partial charge in [-0.25, -0.2) is 13.4 Å². The highest BCUT2D eigenvalue weighted by atomic mass is 35.5. The Morgan fingerprint density at radius 2 is 2.00 bits per heavy atom. The number of halogens is 1. The molecule has 0 aliphatic carbocycles. The first-order chi connectivity index (χ1) is 8.64. The summed E-state index contributed by atoms with van der Waals surface area (Å²) in [7, 11) is -3.47. The molecular weight excluding hydrogens is 318 g/mol. The molecule has 2 N–H and O–H groups in total. The lowest BCUT2D eigenvalue weighted by molar-refractivity contribution is 0.155. The average Bonchev–Trinajstić information content (AvgIpc) is 2.63. The number of piperidine rings is 1. The molecule has 1 aromatic heterocycles. The third kappa shape index (κ3) is 3.17. The molecule has 0 aromatic carbocycles. The normalized spacial score (nSPS) is 23.4. The molecule has 20 heavy (non-hydrogen) atoms. The van der Waals surface area contributed by atoms with Crippen LogP contribution >= 0.6 is 23.7 Å². The Hall–Kier alpha value is -0.210. The number of aryl methyl sites for hydroxylation is 2. The predicted molar refractivity (Wildman–Crippen MR) is 84.0 cm³/mol. The van der Waals surface area contributed by atoms with Crippen LogP contribution in [-0.2, 0) is 10.0 Å². The first-order valence-corrected chi connectivity index (χ1v) is 8.60. The fraction of sp³-hybridized carbons (Fsp3) is 0.750. The molecule has 2 heterocycles. The van der Waals surface area contributed by atoms with Crippen molar-refractivity contribution in [2.24, 2.45) is 11.1 Å². The number of sulfonamides is 1. The monoisotopic (exact) mass is 339 g/mol. The Balaban J connectivity index is 0.00000200. The molecule has 0 bridgehead atoms.